The van der Waals surface area contributed by atoms with Crippen LogP contribution in [0, 0.1) is 0 Å². The van der Waals surface area contributed by atoms with E-state index in [4.69, 9.17) is 14.9 Å². The van der Waals surface area contributed by atoms with Crippen molar-refractivity contribution in [3.63, 3.8) is 0 Å². The fraction of sp³-hybridized carbons (Fsp3) is 0.857. The molecule has 4 nitrogen and oxygen atoms in total. The third kappa shape index (κ3) is 19.3. The number of allylic oxidation sites excluding steroid dienone is 2. The Morgan fingerprint density at radius 3 is 2.16 bits per heavy atom. The first kappa shape index (κ1) is 24.1. The van der Waals surface area contributed by atoms with Crippen LogP contribution in [0.3, 0.4) is 0 Å². The first-order valence-electron chi connectivity index (χ1n) is 10.3. The Morgan fingerprint density at radius 2 is 1.52 bits per heavy atom. The first-order valence-corrected chi connectivity index (χ1v) is 10.3. The van der Waals surface area contributed by atoms with E-state index in [-0.39, 0.29) is 12.6 Å². The summed E-state index contributed by atoms with van der Waals surface area (Å²) in [6, 6.07) is 0. The number of aliphatic hydroxyl groups excluding tert-OH is 2. The van der Waals surface area contributed by atoms with E-state index in [0.29, 0.717) is 25.9 Å². The largest absolute Gasteiger partial charge is 0.466 e. The van der Waals surface area contributed by atoms with Gasteiger partial charge in [-0.15, -0.1) is 0 Å². The number of hydrogen-bond acceptors (Lipinski definition) is 4. The summed E-state index contributed by atoms with van der Waals surface area (Å²) in [4.78, 5) is 11.5. The van der Waals surface area contributed by atoms with Crippen molar-refractivity contribution < 1.29 is 19.7 Å². The van der Waals surface area contributed by atoms with Crippen molar-refractivity contribution >= 4 is 5.97 Å². The minimum atomic E-state index is -0.701. The Labute approximate surface area is 154 Å². The predicted molar refractivity (Wildman–Crippen MR) is 104 cm³/mol. The normalized spacial score (nSPS) is 12.6. The van der Waals surface area contributed by atoms with Gasteiger partial charge in [-0.2, -0.15) is 0 Å². The SMILES string of the molecule is CCCCCCCC/C=C\CCCCCC(=O)OCCCC(O)CO. The number of ether oxygens (including phenoxy) is 1. The lowest BCUT2D eigenvalue weighted by Gasteiger charge is -2.07. The molecule has 0 fully saturated rings. The molecule has 4 heteroatoms. The maximum atomic E-state index is 11.5. The quantitative estimate of drug-likeness (QED) is 0.208. The van der Waals surface area contributed by atoms with Gasteiger partial charge in [-0.1, -0.05) is 57.6 Å². The Bertz CT molecular complexity index is 315. The van der Waals surface area contributed by atoms with E-state index in [2.05, 4.69) is 19.1 Å². The van der Waals surface area contributed by atoms with Gasteiger partial charge < -0.3 is 14.9 Å². The Morgan fingerprint density at radius 1 is 0.920 bits per heavy atom. The zero-order valence-electron chi connectivity index (χ0n) is 16.3. The lowest BCUT2D eigenvalue weighted by molar-refractivity contribution is -0.144. The van der Waals surface area contributed by atoms with Crippen LogP contribution in [0.15, 0.2) is 12.2 Å². The lowest BCUT2D eigenvalue weighted by atomic mass is 10.1. The van der Waals surface area contributed by atoms with E-state index in [1.54, 1.807) is 0 Å². The molecule has 0 bridgehead atoms. The van der Waals surface area contributed by atoms with Gasteiger partial charge in [0.25, 0.3) is 0 Å². The molecule has 0 saturated heterocycles. The minimum Gasteiger partial charge on any atom is -0.466 e. The van der Waals surface area contributed by atoms with Crippen molar-refractivity contribution in [1.29, 1.82) is 0 Å². The van der Waals surface area contributed by atoms with E-state index in [0.717, 1.165) is 25.7 Å². The smallest absolute Gasteiger partial charge is 0.305 e. The summed E-state index contributed by atoms with van der Waals surface area (Å²) in [7, 11) is 0. The summed E-state index contributed by atoms with van der Waals surface area (Å²) >= 11 is 0. The maximum absolute atomic E-state index is 11.5. The van der Waals surface area contributed by atoms with Gasteiger partial charge in [0.2, 0.25) is 0 Å². The molecule has 0 aromatic heterocycles. The summed E-state index contributed by atoms with van der Waals surface area (Å²) in [6.45, 7) is 2.34. The van der Waals surface area contributed by atoms with E-state index in [9.17, 15) is 4.79 Å². The molecule has 0 saturated carbocycles. The van der Waals surface area contributed by atoms with Crippen molar-refractivity contribution in [2.24, 2.45) is 0 Å². The molecule has 0 rings (SSSR count). The minimum absolute atomic E-state index is 0.155. The molecule has 2 N–H and O–H groups in total. The van der Waals surface area contributed by atoms with Gasteiger partial charge in [-0.3, -0.25) is 4.79 Å². The van der Waals surface area contributed by atoms with Gasteiger partial charge in [0.15, 0.2) is 0 Å². The maximum Gasteiger partial charge on any atom is 0.305 e. The summed E-state index contributed by atoms with van der Waals surface area (Å²) < 4.78 is 5.10. The van der Waals surface area contributed by atoms with E-state index in [1.807, 2.05) is 0 Å². The Kier molecular flexibility index (Phi) is 18.8. The van der Waals surface area contributed by atoms with Crippen molar-refractivity contribution in [1.82, 2.24) is 0 Å². The molecule has 148 valence electrons. The third-order valence-corrected chi connectivity index (χ3v) is 4.30. The van der Waals surface area contributed by atoms with E-state index >= 15 is 0 Å². The standard InChI is InChI=1S/C21H40O4/c1-2-3-4-5-6-7-8-9-10-11-12-13-14-17-21(24)25-18-15-16-20(23)19-22/h9-10,20,22-23H,2-8,11-19H2,1H3/b10-9-. The van der Waals surface area contributed by atoms with Crippen molar-refractivity contribution in [3.05, 3.63) is 12.2 Å². The number of carbonyl (C=O) groups is 1. The van der Waals surface area contributed by atoms with Crippen molar-refractivity contribution in [2.75, 3.05) is 13.2 Å². The summed E-state index contributed by atoms with van der Waals surface area (Å²) in [5.41, 5.74) is 0. The molecule has 0 heterocycles. The van der Waals surface area contributed by atoms with Crippen LogP contribution >= 0.6 is 0 Å². The number of unbranched alkanes of at least 4 members (excludes halogenated alkanes) is 9. The molecule has 0 radical (unpaired) electrons. The molecule has 25 heavy (non-hydrogen) atoms. The molecule has 1 atom stereocenters. The molecule has 0 aromatic rings. The highest BCUT2D eigenvalue weighted by Gasteiger charge is 2.04. The molecule has 0 amide bonds. The second-order valence-electron chi connectivity index (χ2n) is 6.83. The number of carbonyl (C=O) groups excluding carboxylic acids is 1. The Hall–Kier alpha value is -0.870. The van der Waals surface area contributed by atoms with Crippen molar-refractivity contribution in [2.45, 2.75) is 103 Å². The highest BCUT2D eigenvalue weighted by Crippen LogP contribution is 2.09. The second kappa shape index (κ2) is 19.5. The topological polar surface area (TPSA) is 66.8 Å². The van der Waals surface area contributed by atoms with Crippen LogP contribution in [0.2, 0.25) is 0 Å². The van der Waals surface area contributed by atoms with Crippen LogP contribution in [0.25, 0.3) is 0 Å². The van der Waals surface area contributed by atoms with Crippen LogP contribution in [-0.2, 0) is 9.53 Å². The van der Waals surface area contributed by atoms with E-state index in [1.165, 1.54) is 44.9 Å². The van der Waals surface area contributed by atoms with Gasteiger partial charge in [-0.05, 0) is 44.9 Å². The van der Waals surface area contributed by atoms with E-state index < -0.39 is 6.10 Å². The highest BCUT2D eigenvalue weighted by molar-refractivity contribution is 5.69. The molecular weight excluding hydrogens is 316 g/mol. The zero-order valence-corrected chi connectivity index (χ0v) is 16.3. The van der Waals surface area contributed by atoms with Gasteiger partial charge in [-0.25, -0.2) is 0 Å². The zero-order chi connectivity index (χ0) is 18.6. The summed E-state index contributed by atoms with van der Waals surface area (Å²) in [5, 5.41) is 17.8. The predicted octanol–water partition coefficient (Wildman–Crippen LogP) is 4.92. The third-order valence-electron chi connectivity index (χ3n) is 4.30. The second-order valence-corrected chi connectivity index (χ2v) is 6.83. The van der Waals surface area contributed by atoms with Crippen LogP contribution in [-0.4, -0.2) is 35.5 Å². The molecule has 0 aliphatic heterocycles. The number of hydrogen-bond donors (Lipinski definition) is 2. The fourth-order valence-corrected chi connectivity index (χ4v) is 2.65. The summed E-state index contributed by atoms with van der Waals surface area (Å²) in [6.07, 6.45) is 18.9. The van der Waals surface area contributed by atoms with Crippen LogP contribution in [0.5, 0.6) is 0 Å². The van der Waals surface area contributed by atoms with Crippen molar-refractivity contribution in [3.8, 4) is 0 Å². The Balaban J connectivity index is 3.26. The fourth-order valence-electron chi connectivity index (χ4n) is 2.65. The molecule has 0 aromatic carbocycles. The lowest BCUT2D eigenvalue weighted by Crippen LogP contribution is -2.13. The van der Waals surface area contributed by atoms with Crippen LogP contribution < -0.4 is 0 Å². The van der Waals surface area contributed by atoms with Gasteiger partial charge in [0, 0.05) is 6.42 Å². The monoisotopic (exact) mass is 356 g/mol. The van der Waals surface area contributed by atoms with Gasteiger partial charge in [0.1, 0.15) is 0 Å². The molecular formula is C21H40O4. The number of esters is 1. The van der Waals surface area contributed by atoms with Gasteiger partial charge >= 0.3 is 5.97 Å². The number of rotatable bonds is 18. The van der Waals surface area contributed by atoms with Gasteiger partial charge in [0.05, 0.1) is 19.3 Å². The average molecular weight is 357 g/mol. The molecule has 0 aliphatic carbocycles. The highest BCUT2D eigenvalue weighted by atomic mass is 16.5. The van der Waals surface area contributed by atoms with Crippen LogP contribution in [0.4, 0.5) is 0 Å². The first-order chi connectivity index (χ1) is 12.2. The molecule has 1 unspecified atom stereocenters. The molecule has 0 aliphatic rings. The van der Waals surface area contributed by atoms with Crippen LogP contribution in [0.1, 0.15) is 96.8 Å². The summed E-state index contributed by atoms with van der Waals surface area (Å²) in [5.74, 6) is -0.155. The molecule has 0 spiro atoms. The average Bonchev–Trinajstić information content (AvgIpc) is 2.62. The number of aliphatic hydroxyl groups is 2.